The molecule has 0 radical (unpaired) electrons. The van der Waals surface area contributed by atoms with Crippen LogP contribution in [0.1, 0.15) is 64.4 Å². The molecule has 176 valence electrons. The summed E-state index contributed by atoms with van der Waals surface area (Å²) in [5.74, 6) is 1.11. The van der Waals surface area contributed by atoms with Crippen LogP contribution in [0.4, 0.5) is 5.69 Å². The maximum absolute atomic E-state index is 12.0. The number of para-hydroxylation sites is 1. The van der Waals surface area contributed by atoms with E-state index in [4.69, 9.17) is 9.47 Å². The van der Waals surface area contributed by atoms with Gasteiger partial charge in [-0.3, -0.25) is 24.6 Å². The highest BCUT2D eigenvalue weighted by molar-refractivity contribution is 5.97. The molecule has 3 aliphatic rings. The van der Waals surface area contributed by atoms with Gasteiger partial charge >= 0.3 is 5.97 Å². The quantitative estimate of drug-likeness (QED) is 0.545. The number of esters is 1. The molecule has 0 saturated carbocycles. The number of fused-ring (bicyclic) bond motifs is 1. The molecule has 2 saturated heterocycles. The SMILES string of the molecule is CC(C)(C)OC(=O)CN1CCC(c2cccc3c2OCCN3)CC1.O=C1CCCC(=O)N1. The zero-order valence-electron chi connectivity index (χ0n) is 19.4. The topological polar surface area (TPSA) is 97.0 Å². The number of amides is 2. The monoisotopic (exact) mass is 445 g/mol. The van der Waals surface area contributed by atoms with Crippen LogP contribution in [0.2, 0.25) is 0 Å². The van der Waals surface area contributed by atoms with Crippen molar-refractivity contribution in [2.75, 3.05) is 38.1 Å². The van der Waals surface area contributed by atoms with Gasteiger partial charge in [-0.25, -0.2) is 0 Å². The number of anilines is 1. The zero-order valence-corrected chi connectivity index (χ0v) is 19.4. The second kappa shape index (κ2) is 10.8. The van der Waals surface area contributed by atoms with E-state index in [9.17, 15) is 14.4 Å². The van der Waals surface area contributed by atoms with Crippen molar-refractivity contribution in [2.24, 2.45) is 0 Å². The Bertz CT molecular complexity index is 811. The number of hydrogen-bond donors (Lipinski definition) is 2. The third-order valence-corrected chi connectivity index (χ3v) is 5.60. The molecule has 8 heteroatoms. The summed E-state index contributed by atoms with van der Waals surface area (Å²) in [6.07, 6.45) is 3.81. The summed E-state index contributed by atoms with van der Waals surface area (Å²) < 4.78 is 11.3. The Morgan fingerprint density at radius 2 is 1.84 bits per heavy atom. The van der Waals surface area contributed by atoms with E-state index >= 15 is 0 Å². The molecule has 0 spiro atoms. The van der Waals surface area contributed by atoms with Gasteiger partial charge in [0.1, 0.15) is 18.0 Å². The molecule has 3 heterocycles. The normalized spacial score (nSPS) is 19.5. The van der Waals surface area contributed by atoms with E-state index in [0.29, 0.717) is 31.7 Å². The van der Waals surface area contributed by atoms with Crippen molar-refractivity contribution in [3.63, 3.8) is 0 Å². The summed E-state index contributed by atoms with van der Waals surface area (Å²) in [7, 11) is 0. The van der Waals surface area contributed by atoms with Crippen molar-refractivity contribution in [3.8, 4) is 5.75 Å². The lowest BCUT2D eigenvalue weighted by molar-refractivity contribution is -0.156. The molecule has 2 fully saturated rings. The Balaban J connectivity index is 0.000000305. The smallest absolute Gasteiger partial charge is 0.320 e. The number of nitrogens with zero attached hydrogens (tertiary/aromatic N) is 1. The zero-order chi connectivity index (χ0) is 23.1. The van der Waals surface area contributed by atoms with Crippen LogP contribution in [0.15, 0.2) is 18.2 Å². The Morgan fingerprint density at radius 1 is 1.16 bits per heavy atom. The van der Waals surface area contributed by atoms with Crippen LogP contribution >= 0.6 is 0 Å². The van der Waals surface area contributed by atoms with E-state index in [-0.39, 0.29) is 17.8 Å². The fourth-order valence-electron chi connectivity index (χ4n) is 4.16. The third-order valence-electron chi connectivity index (χ3n) is 5.60. The van der Waals surface area contributed by atoms with Gasteiger partial charge in [-0.15, -0.1) is 0 Å². The first kappa shape index (κ1) is 24.0. The molecule has 0 aliphatic carbocycles. The van der Waals surface area contributed by atoms with Crippen molar-refractivity contribution in [1.29, 1.82) is 0 Å². The van der Waals surface area contributed by atoms with Crippen molar-refractivity contribution >= 4 is 23.5 Å². The summed E-state index contributed by atoms with van der Waals surface area (Å²) in [6.45, 7) is 9.53. The minimum atomic E-state index is -0.414. The number of nitrogens with one attached hydrogen (secondary N) is 2. The van der Waals surface area contributed by atoms with Crippen LogP contribution < -0.4 is 15.4 Å². The van der Waals surface area contributed by atoms with Crippen LogP contribution in [0.3, 0.4) is 0 Å². The first-order chi connectivity index (χ1) is 15.2. The fourth-order valence-corrected chi connectivity index (χ4v) is 4.16. The van der Waals surface area contributed by atoms with Crippen molar-refractivity contribution < 1.29 is 23.9 Å². The molecule has 2 N–H and O–H groups in total. The predicted molar refractivity (Wildman–Crippen MR) is 122 cm³/mol. The van der Waals surface area contributed by atoms with Gasteiger partial charge in [-0.2, -0.15) is 0 Å². The Hall–Kier alpha value is -2.61. The highest BCUT2D eigenvalue weighted by Crippen LogP contribution is 2.39. The average Bonchev–Trinajstić information content (AvgIpc) is 2.73. The minimum Gasteiger partial charge on any atom is -0.489 e. The number of rotatable bonds is 3. The molecule has 2 amide bonds. The summed E-state index contributed by atoms with van der Waals surface area (Å²) in [5, 5.41) is 5.60. The summed E-state index contributed by atoms with van der Waals surface area (Å²) in [5.41, 5.74) is 2.00. The van der Waals surface area contributed by atoms with Crippen LogP contribution in [-0.2, 0) is 19.1 Å². The molecule has 1 aromatic carbocycles. The lowest BCUT2D eigenvalue weighted by atomic mass is 9.88. The Kier molecular flexibility index (Phi) is 8.12. The van der Waals surface area contributed by atoms with Crippen LogP contribution in [0.5, 0.6) is 5.75 Å². The number of ether oxygens (including phenoxy) is 2. The van der Waals surface area contributed by atoms with Gasteiger partial charge in [0, 0.05) is 19.4 Å². The number of imide groups is 1. The number of hydrogen-bond acceptors (Lipinski definition) is 7. The molecule has 3 aliphatic heterocycles. The first-order valence-electron chi connectivity index (χ1n) is 11.5. The van der Waals surface area contributed by atoms with E-state index < -0.39 is 5.60 Å². The van der Waals surface area contributed by atoms with Gasteiger partial charge in [0.05, 0.1) is 12.2 Å². The van der Waals surface area contributed by atoms with Gasteiger partial charge in [0.15, 0.2) is 0 Å². The number of carbonyl (C=O) groups excluding carboxylic acids is 3. The Labute approximate surface area is 190 Å². The molecule has 1 aromatic rings. The predicted octanol–water partition coefficient (Wildman–Crippen LogP) is 2.83. The third kappa shape index (κ3) is 7.22. The van der Waals surface area contributed by atoms with Crippen LogP contribution in [0, 0.1) is 0 Å². The maximum Gasteiger partial charge on any atom is 0.320 e. The van der Waals surface area contributed by atoms with E-state index in [1.165, 1.54) is 5.56 Å². The molecule has 0 atom stereocenters. The Morgan fingerprint density at radius 3 is 2.44 bits per heavy atom. The highest BCUT2D eigenvalue weighted by Gasteiger charge is 2.27. The second-order valence-corrected chi connectivity index (χ2v) is 9.46. The lowest BCUT2D eigenvalue weighted by Crippen LogP contribution is -2.39. The number of piperidine rings is 2. The van der Waals surface area contributed by atoms with Crippen molar-refractivity contribution in [1.82, 2.24) is 10.2 Å². The van der Waals surface area contributed by atoms with Crippen LogP contribution in [-0.4, -0.2) is 61.1 Å². The average molecular weight is 446 g/mol. The van der Waals surface area contributed by atoms with Crippen molar-refractivity contribution in [2.45, 2.75) is 64.4 Å². The molecule has 32 heavy (non-hydrogen) atoms. The fraction of sp³-hybridized carbons (Fsp3) is 0.625. The molecule has 0 bridgehead atoms. The molecular weight excluding hydrogens is 410 g/mol. The molecule has 8 nitrogen and oxygen atoms in total. The van der Waals surface area contributed by atoms with Crippen molar-refractivity contribution in [3.05, 3.63) is 23.8 Å². The second-order valence-electron chi connectivity index (χ2n) is 9.46. The van der Waals surface area contributed by atoms with Gasteiger partial charge in [0.25, 0.3) is 0 Å². The summed E-state index contributed by atoms with van der Waals surface area (Å²) in [4.78, 5) is 34.9. The van der Waals surface area contributed by atoms with Gasteiger partial charge < -0.3 is 14.8 Å². The summed E-state index contributed by atoms with van der Waals surface area (Å²) >= 11 is 0. The number of benzene rings is 1. The molecular formula is C24H35N3O5. The molecule has 0 unspecified atom stereocenters. The molecule has 4 rings (SSSR count). The standard InChI is InChI=1S/C19H28N2O3.C5H7NO2/c1-19(2,3)24-17(22)13-21-10-7-14(8-11-21)15-5-4-6-16-18(15)23-12-9-20-16;7-4-2-1-3-5(8)6-4/h4-6,14,20H,7-13H2,1-3H3;1-3H2,(H,6,7,8). The van der Waals surface area contributed by atoms with Gasteiger partial charge in [-0.05, 0) is 70.7 Å². The number of carbonyl (C=O) groups is 3. The van der Waals surface area contributed by atoms with Gasteiger partial charge in [0.2, 0.25) is 11.8 Å². The van der Waals surface area contributed by atoms with E-state index in [2.05, 4.69) is 33.7 Å². The van der Waals surface area contributed by atoms with Crippen LogP contribution in [0.25, 0.3) is 0 Å². The van der Waals surface area contributed by atoms with E-state index in [1.54, 1.807) is 0 Å². The lowest BCUT2D eigenvalue weighted by Gasteiger charge is -2.33. The first-order valence-corrected chi connectivity index (χ1v) is 11.5. The number of likely N-dealkylation sites (tertiary alicyclic amines) is 1. The summed E-state index contributed by atoms with van der Waals surface area (Å²) in [6, 6.07) is 6.36. The molecule has 0 aromatic heterocycles. The van der Waals surface area contributed by atoms with E-state index in [0.717, 1.165) is 50.5 Å². The highest BCUT2D eigenvalue weighted by atomic mass is 16.6. The largest absolute Gasteiger partial charge is 0.489 e. The van der Waals surface area contributed by atoms with E-state index in [1.807, 2.05) is 20.8 Å². The van der Waals surface area contributed by atoms with Gasteiger partial charge in [-0.1, -0.05) is 12.1 Å². The minimum absolute atomic E-state index is 0.134. The maximum atomic E-state index is 12.0.